The first-order valence-corrected chi connectivity index (χ1v) is 9.79. The molecular weight excluding hydrogens is 344 g/mol. The predicted octanol–water partition coefficient (Wildman–Crippen LogP) is 5.63. The van der Waals surface area contributed by atoms with Crippen molar-refractivity contribution in [3.63, 3.8) is 0 Å². The molecule has 1 aliphatic rings. The first-order chi connectivity index (χ1) is 13.8. The van der Waals surface area contributed by atoms with E-state index < -0.39 is 0 Å². The van der Waals surface area contributed by atoms with Gasteiger partial charge in [0.1, 0.15) is 6.17 Å². The zero-order valence-corrected chi connectivity index (χ0v) is 15.7. The number of carbonyl (C=O) groups excluding carboxylic acids is 1. The molecule has 0 unspecified atom stereocenters. The minimum Gasteiger partial charge on any atom is -0.326 e. The van der Waals surface area contributed by atoms with Crippen molar-refractivity contribution >= 4 is 16.8 Å². The van der Waals surface area contributed by atoms with E-state index in [1.54, 1.807) is 0 Å². The Hall–Kier alpha value is -3.33. The molecule has 0 spiro atoms. The molecule has 28 heavy (non-hydrogen) atoms. The average molecular weight is 366 g/mol. The van der Waals surface area contributed by atoms with E-state index in [1.165, 1.54) is 27.6 Å². The van der Waals surface area contributed by atoms with Crippen molar-refractivity contribution in [1.29, 1.82) is 0 Å². The molecule has 3 aromatic carbocycles. The molecule has 4 aromatic rings. The molecule has 0 aliphatic carbocycles. The maximum absolute atomic E-state index is 12.7. The highest BCUT2D eigenvalue weighted by Gasteiger charge is 2.33. The topological polar surface area (TPSA) is 25.2 Å². The number of nitrogens with zero attached hydrogens (tertiary/aromatic N) is 2. The first-order valence-electron chi connectivity index (χ1n) is 9.79. The number of hydrogen-bond acceptors (Lipinski definition) is 1. The van der Waals surface area contributed by atoms with Gasteiger partial charge in [0.25, 0.3) is 0 Å². The molecule has 3 nitrogen and oxygen atoms in total. The summed E-state index contributed by atoms with van der Waals surface area (Å²) in [6.45, 7) is 0.650. The number of amides is 1. The van der Waals surface area contributed by atoms with Gasteiger partial charge in [-0.1, -0.05) is 78.9 Å². The normalized spacial score (nSPS) is 16.8. The number of rotatable bonds is 4. The van der Waals surface area contributed by atoms with Crippen molar-refractivity contribution in [2.75, 3.05) is 0 Å². The monoisotopic (exact) mass is 366 g/mol. The van der Waals surface area contributed by atoms with E-state index in [4.69, 9.17) is 0 Å². The van der Waals surface area contributed by atoms with Crippen molar-refractivity contribution < 1.29 is 4.79 Å². The smallest absolute Gasteiger partial charge is 0.224 e. The second-order valence-corrected chi connectivity index (χ2v) is 7.36. The number of likely N-dealkylation sites (tertiary alicyclic amines) is 1. The van der Waals surface area contributed by atoms with Crippen LogP contribution in [0.2, 0.25) is 0 Å². The summed E-state index contributed by atoms with van der Waals surface area (Å²) in [4.78, 5) is 14.7. The molecule has 2 heterocycles. The molecule has 0 N–H and O–H groups in total. The average Bonchev–Trinajstić information content (AvgIpc) is 3.30. The highest BCUT2D eigenvalue weighted by atomic mass is 16.2. The maximum atomic E-state index is 12.7. The van der Waals surface area contributed by atoms with Crippen LogP contribution in [0.3, 0.4) is 0 Å². The number of carbonyl (C=O) groups is 1. The lowest BCUT2D eigenvalue weighted by Gasteiger charge is -2.27. The number of benzene rings is 3. The lowest BCUT2D eigenvalue weighted by Crippen LogP contribution is -2.30. The third kappa shape index (κ3) is 2.89. The zero-order valence-electron chi connectivity index (χ0n) is 15.7. The van der Waals surface area contributed by atoms with Crippen molar-refractivity contribution in [3.05, 3.63) is 96.7 Å². The molecule has 1 fully saturated rings. The third-order valence-electron chi connectivity index (χ3n) is 5.64. The van der Waals surface area contributed by atoms with Crippen molar-refractivity contribution in [3.8, 4) is 11.1 Å². The van der Waals surface area contributed by atoms with Gasteiger partial charge < -0.3 is 9.47 Å². The van der Waals surface area contributed by atoms with Crippen LogP contribution in [0.5, 0.6) is 0 Å². The molecule has 1 atom stereocenters. The van der Waals surface area contributed by atoms with Crippen LogP contribution >= 0.6 is 0 Å². The second kappa shape index (κ2) is 7.01. The Morgan fingerprint density at radius 3 is 2.29 bits per heavy atom. The predicted molar refractivity (Wildman–Crippen MR) is 113 cm³/mol. The summed E-state index contributed by atoms with van der Waals surface area (Å²) < 4.78 is 2.30. The Balaban J connectivity index is 1.59. The molecule has 1 amide bonds. The third-order valence-corrected chi connectivity index (χ3v) is 5.64. The summed E-state index contributed by atoms with van der Waals surface area (Å²) in [6, 6.07) is 29.2. The molecule has 0 bridgehead atoms. The van der Waals surface area contributed by atoms with E-state index in [0.29, 0.717) is 13.0 Å². The van der Waals surface area contributed by atoms with Crippen LogP contribution in [0.25, 0.3) is 22.0 Å². The van der Waals surface area contributed by atoms with Crippen molar-refractivity contribution in [1.82, 2.24) is 9.47 Å². The Morgan fingerprint density at radius 1 is 0.821 bits per heavy atom. The van der Waals surface area contributed by atoms with E-state index >= 15 is 0 Å². The van der Waals surface area contributed by atoms with Gasteiger partial charge >= 0.3 is 0 Å². The SMILES string of the molecule is O=C1CC[C@@H](n2cc(-c3ccccc3)c3ccccc32)N1Cc1ccccc1. The van der Waals surface area contributed by atoms with Crippen LogP contribution in [-0.4, -0.2) is 15.4 Å². The first kappa shape index (κ1) is 16.8. The van der Waals surface area contributed by atoms with Crippen LogP contribution in [0, 0.1) is 0 Å². The zero-order chi connectivity index (χ0) is 18.9. The molecule has 1 saturated heterocycles. The molecule has 3 heteroatoms. The highest BCUT2D eigenvalue weighted by Crippen LogP contribution is 2.37. The lowest BCUT2D eigenvalue weighted by atomic mass is 10.1. The fourth-order valence-corrected chi connectivity index (χ4v) is 4.28. The van der Waals surface area contributed by atoms with Gasteiger partial charge in [-0.25, -0.2) is 0 Å². The van der Waals surface area contributed by atoms with Gasteiger partial charge in [-0.15, -0.1) is 0 Å². The minimum absolute atomic E-state index is 0.0510. The molecule has 138 valence electrons. The van der Waals surface area contributed by atoms with Crippen LogP contribution in [-0.2, 0) is 11.3 Å². The van der Waals surface area contributed by atoms with Gasteiger partial charge in [0, 0.05) is 30.1 Å². The van der Waals surface area contributed by atoms with Crippen molar-refractivity contribution in [2.45, 2.75) is 25.6 Å². The van der Waals surface area contributed by atoms with E-state index in [1.807, 2.05) is 29.2 Å². The summed E-state index contributed by atoms with van der Waals surface area (Å²) in [6.07, 6.45) is 3.72. The summed E-state index contributed by atoms with van der Waals surface area (Å²) in [7, 11) is 0. The standard InChI is InChI=1S/C25H22N2O/c28-25-16-15-24(27(25)17-19-9-3-1-4-10-19)26-18-22(20-11-5-2-6-12-20)21-13-7-8-14-23(21)26/h1-14,18,24H,15-17H2/t24-/m0/s1. The number of aromatic nitrogens is 1. The Bertz CT molecular complexity index is 1120. The molecule has 1 aliphatic heterocycles. The highest BCUT2D eigenvalue weighted by molar-refractivity contribution is 5.96. The van der Waals surface area contributed by atoms with Gasteiger partial charge in [-0.3, -0.25) is 4.79 Å². The van der Waals surface area contributed by atoms with Gasteiger partial charge in [-0.05, 0) is 23.6 Å². The van der Waals surface area contributed by atoms with Gasteiger partial charge in [-0.2, -0.15) is 0 Å². The number of para-hydroxylation sites is 1. The Labute approximate surface area is 164 Å². The van der Waals surface area contributed by atoms with Crippen LogP contribution in [0.4, 0.5) is 0 Å². The van der Waals surface area contributed by atoms with E-state index in [2.05, 4.69) is 71.4 Å². The fourth-order valence-electron chi connectivity index (χ4n) is 4.28. The van der Waals surface area contributed by atoms with Crippen LogP contribution in [0.1, 0.15) is 24.6 Å². The van der Waals surface area contributed by atoms with Gasteiger partial charge in [0.15, 0.2) is 0 Å². The Morgan fingerprint density at radius 2 is 1.50 bits per heavy atom. The quantitative estimate of drug-likeness (QED) is 0.459. The molecule has 0 saturated carbocycles. The van der Waals surface area contributed by atoms with Gasteiger partial charge in [0.2, 0.25) is 5.91 Å². The lowest BCUT2D eigenvalue weighted by molar-refractivity contribution is -0.130. The van der Waals surface area contributed by atoms with E-state index in [-0.39, 0.29) is 12.1 Å². The summed E-state index contributed by atoms with van der Waals surface area (Å²) in [5, 5.41) is 1.23. The maximum Gasteiger partial charge on any atom is 0.224 e. The van der Waals surface area contributed by atoms with Crippen molar-refractivity contribution in [2.24, 2.45) is 0 Å². The number of hydrogen-bond donors (Lipinski definition) is 0. The fraction of sp³-hybridized carbons (Fsp3) is 0.160. The van der Waals surface area contributed by atoms with Gasteiger partial charge in [0.05, 0.1) is 5.52 Å². The molecule has 0 radical (unpaired) electrons. The minimum atomic E-state index is 0.0510. The second-order valence-electron chi connectivity index (χ2n) is 7.36. The van der Waals surface area contributed by atoms with E-state index in [0.717, 1.165) is 6.42 Å². The van der Waals surface area contributed by atoms with E-state index in [9.17, 15) is 4.79 Å². The molecule has 1 aromatic heterocycles. The number of fused-ring (bicyclic) bond motifs is 1. The largest absolute Gasteiger partial charge is 0.326 e. The molecule has 5 rings (SSSR count). The Kier molecular flexibility index (Phi) is 4.21. The molecular formula is C25H22N2O. The van der Waals surface area contributed by atoms with Crippen LogP contribution < -0.4 is 0 Å². The summed E-state index contributed by atoms with van der Waals surface area (Å²) in [5.41, 5.74) is 4.77. The van der Waals surface area contributed by atoms with Crippen LogP contribution in [0.15, 0.2) is 91.1 Å². The summed E-state index contributed by atoms with van der Waals surface area (Å²) >= 11 is 0. The summed E-state index contributed by atoms with van der Waals surface area (Å²) in [5.74, 6) is 0.230.